The Labute approximate surface area is 168 Å². The molecule has 5 nitrogen and oxygen atoms in total. The van der Waals surface area contributed by atoms with Gasteiger partial charge < -0.3 is 4.57 Å². The van der Waals surface area contributed by atoms with Crippen LogP contribution in [0.4, 0.5) is 0 Å². The number of benzene rings is 1. The second-order valence-corrected chi connectivity index (χ2v) is 8.23. The number of rotatable bonds is 6. The summed E-state index contributed by atoms with van der Waals surface area (Å²) >= 11 is 7.61. The number of ketones is 1. The molecule has 0 amide bonds. The molecule has 0 unspecified atom stereocenters. The average Bonchev–Trinajstić information content (AvgIpc) is 3.19. The molecule has 0 saturated carbocycles. The maximum atomic E-state index is 12.8. The molecule has 2 heterocycles. The van der Waals surface area contributed by atoms with E-state index in [4.69, 9.17) is 11.6 Å². The Kier molecular flexibility index (Phi) is 5.77. The third kappa shape index (κ3) is 3.96. The molecular weight excluding hydrogens is 380 g/mol. The minimum atomic E-state index is 0.0940. The number of thioether (sulfide) groups is 1. The first kappa shape index (κ1) is 19.7. The summed E-state index contributed by atoms with van der Waals surface area (Å²) in [6.07, 6.45) is 1.64. The van der Waals surface area contributed by atoms with Crippen LogP contribution in [0.1, 0.15) is 47.2 Å². The number of carbonyl (C=O) groups excluding carboxylic acids is 1. The molecule has 0 saturated heterocycles. The number of aromatic nitrogens is 4. The van der Waals surface area contributed by atoms with Crippen LogP contribution in [0.5, 0.6) is 0 Å². The summed E-state index contributed by atoms with van der Waals surface area (Å²) in [5.41, 5.74) is 4.79. The second kappa shape index (κ2) is 7.90. The molecular formula is C20H23ClN4OS. The molecule has 3 aromatic rings. The van der Waals surface area contributed by atoms with Crippen molar-refractivity contribution in [3.8, 4) is 5.69 Å². The van der Waals surface area contributed by atoms with Gasteiger partial charge in [-0.1, -0.05) is 29.4 Å². The van der Waals surface area contributed by atoms with E-state index in [9.17, 15) is 4.79 Å². The molecule has 0 bridgehead atoms. The molecule has 1 aromatic carbocycles. The minimum absolute atomic E-state index is 0.0940. The molecule has 7 heteroatoms. The van der Waals surface area contributed by atoms with Gasteiger partial charge in [-0.25, -0.2) is 0 Å². The second-order valence-electron chi connectivity index (χ2n) is 6.88. The Hall–Kier alpha value is -2.05. The molecule has 3 rings (SSSR count). The molecule has 0 aliphatic heterocycles. The van der Waals surface area contributed by atoms with E-state index in [1.807, 2.05) is 49.6 Å². The zero-order valence-electron chi connectivity index (χ0n) is 16.2. The topological polar surface area (TPSA) is 52.7 Å². The molecule has 0 aliphatic carbocycles. The van der Waals surface area contributed by atoms with Gasteiger partial charge >= 0.3 is 0 Å². The normalized spacial score (nSPS) is 11.4. The lowest BCUT2D eigenvalue weighted by atomic mass is 10.2. The first-order valence-corrected chi connectivity index (χ1v) is 10.2. The van der Waals surface area contributed by atoms with Gasteiger partial charge in [-0.15, -0.1) is 10.2 Å². The van der Waals surface area contributed by atoms with Crippen molar-refractivity contribution >= 4 is 29.1 Å². The standard InChI is InChI=1S/C20H23ClN4OS/c1-12(2)25-14(4)8-17(15(25)5)19(26)10-27-20-23-22-11-24(20)16-7-6-13(3)18(21)9-16/h6-9,11-12H,10H2,1-5H3. The number of nitrogens with zero attached hydrogens (tertiary/aromatic N) is 4. The van der Waals surface area contributed by atoms with Crippen LogP contribution >= 0.6 is 23.4 Å². The predicted octanol–water partition coefficient (Wildman–Crippen LogP) is 5.20. The SMILES string of the molecule is Cc1ccc(-n2cnnc2SCC(=O)c2cc(C)n(C(C)C)c2C)cc1Cl. The molecule has 0 radical (unpaired) electrons. The van der Waals surface area contributed by atoms with Gasteiger partial charge in [0.05, 0.1) is 11.4 Å². The highest BCUT2D eigenvalue weighted by atomic mass is 35.5. The maximum absolute atomic E-state index is 12.8. The van der Waals surface area contributed by atoms with Crippen LogP contribution in [0.15, 0.2) is 35.7 Å². The van der Waals surface area contributed by atoms with E-state index < -0.39 is 0 Å². The largest absolute Gasteiger partial charge is 0.346 e. The van der Waals surface area contributed by atoms with Crippen molar-refractivity contribution in [1.29, 1.82) is 0 Å². The molecule has 0 fully saturated rings. The minimum Gasteiger partial charge on any atom is -0.346 e. The molecule has 0 spiro atoms. The summed E-state index contributed by atoms with van der Waals surface area (Å²) in [5.74, 6) is 0.400. The van der Waals surface area contributed by atoms with Crippen molar-refractivity contribution in [3.05, 3.63) is 58.1 Å². The van der Waals surface area contributed by atoms with Crippen molar-refractivity contribution < 1.29 is 4.79 Å². The van der Waals surface area contributed by atoms with Crippen LogP contribution < -0.4 is 0 Å². The molecule has 2 aromatic heterocycles. The third-order valence-corrected chi connectivity index (χ3v) is 5.93. The fourth-order valence-electron chi connectivity index (χ4n) is 3.29. The van der Waals surface area contributed by atoms with Crippen LogP contribution in [-0.4, -0.2) is 30.9 Å². The van der Waals surface area contributed by atoms with E-state index in [-0.39, 0.29) is 5.78 Å². The van der Waals surface area contributed by atoms with Gasteiger partial charge in [-0.3, -0.25) is 9.36 Å². The molecule has 0 N–H and O–H groups in total. The van der Waals surface area contributed by atoms with Gasteiger partial charge in [-0.2, -0.15) is 0 Å². The zero-order valence-corrected chi connectivity index (χ0v) is 17.7. The van der Waals surface area contributed by atoms with Gasteiger partial charge in [0.2, 0.25) is 0 Å². The Bertz CT molecular complexity index is 990. The van der Waals surface area contributed by atoms with Gasteiger partial charge in [0.15, 0.2) is 10.9 Å². The summed E-state index contributed by atoms with van der Waals surface area (Å²) in [4.78, 5) is 12.8. The number of halogens is 1. The smallest absolute Gasteiger partial charge is 0.196 e. The molecule has 0 aliphatic rings. The summed E-state index contributed by atoms with van der Waals surface area (Å²) in [6, 6.07) is 8.10. The Morgan fingerprint density at radius 1 is 1.22 bits per heavy atom. The highest BCUT2D eigenvalue weighted by Crippen LogP contribution is 2.26. The van der Waals surface area contributed by atoms with Crippen LogP contribution in [0.3, 0.4) is 0 Å². The Morgan fingerprint density at radius 3 is 2.59 bits per heavy atom. The van der Waals surface area contributed by atoms with Crippen LogP contribution in [-0.2, 0) is 0 Å². The van der Waals surface area contributed by atoms with Crippen molar-refractivity contribution in [2.24, 2.45) is 0 Å². The monoisotopic (exact) mass is 402 g/mol. The van der Waals surface area contributed by atoms with E-state index in [1.54, 1.807) is 6.33 Å². The van der Waals surface area contributed by atoms with E-state index in [2.05, 4.69) is 28.6 Å². The number of hydrogen-bond acceptors (Lipinski definition) is 4. The first-order valence-electron chi connectivity index (χ1n) is 8.80. The average molecular weight is 403 g/mol. The lowest BCUT2D eigenvalue weighted by Crippen LogP contribution is -2.08. The summed E-state index contributed by atoms with van der Waals surface area (Å²) < 4.78 is 4.04. The van der Waals surface area contributed by atoms with Crippen molar-refractivity contribution in [2.45, 2.75) is 45.8 Å². The Balaban J connectivity index is 1.79. The maximum Gasteiger partial charge on any atom is 0.196 e. The van der Waals surface area contributed by atoms with Gasteiger partial charge in [0, 0.05) is 28.0 Å². The van der Waals surface area contributed by atoms with Crippen molar-refractivity contribution in [1.82, 2.24) is 19.3 Å². The van der Waals surface area contributed by atoms with Crippen LogP contribution in [0.2, 0.25) is 5.02 Å². The number of aryl methyl sites for hydroxylation is 2. The Morgan fingerprint density at radius 2 is 1.96 bits per heavy atom. The van der Waals surface area contributed by atoms with E-state index in [1.165, 1.54) is 11.8 Å². The quantitative estimate of drug-likeness (QED) is 0.420. The fraction of sp³-hybridized carbons (Fsp3) is 0.350. The van der Waals surface area contributed by atoms with Crippen LogP contribution in [0.25, 0.3) is 5.69 Å². The van der Waals surface area contributed by atoms with Crippen molar-refractivity contribution in [3.63, 3.8) is 0 Å². The molecule has 0 atom stereocenters. The highest BCUT2D eigenvalue weighted by Gasteiger charge is 2.18. The van der Waals surface area contributed by atoms with Crippen molar-refractivity contribution in [2.75, 3.05) is 5.75 Å². The predicted molar refractivity (Wildman–Crippen MR) is 110 cm³/mol. The first-order chi connectivity index (χ1) is 12.8. The summed E-state index contributed by atoms with van der Waals surface area (Å²) in [5, 5.41) is 9.51. The van der Waals surface area contributed by atoms with E-state index in [0.717, 1.165) is 28.2 Å². The van der Waals surface area contributed by atoms with E-state index >= 15 is 0 Å². The van der Waals surface area contributed by atoms with Gasteiger partial charge in [-0.05, 0) is 58.4 Å². The third-order valence-electron chi connectivity index (χ3n) is 4.58. The van der Waals surface area contributed by atoms with Gasteiger partial charge in [0.1, 0.15) is 6.33 Å². The molecule has 27 heavy (non-hydrogen) atoms. The number of carbonyl (C=O) groups is 1. The van der Waals surface area contributed by atoms with Crippen LogP contribution in [0, 0.1) is 20.8 Å². The lowest BCUT2D eigenvalue weighted by Gasteiger charge is -2.13. The molecule has 142 valence electrons. The van der Waals surface area contributed by atoms with Gasteiger partial charge in [0.25, 0.3) is 0 Å². The lowest BCUT2D eigenvalue weighted by molar-refractivity contribution is 0.102. The fourth-order valence-corrected chi connectivity index (χ4v) is 4.28. The number of Topliss-reactive ketones (excluding diaryl/α,β-unsaturated/α-hetero) is 1. The zero-order chi connectivity index (χ0) is 19.7. The number of hydrogen-bond donors (Lipinski definition) is 0. The summed E-state index contributed by atoms with van der Waals surface area (Å²) in [7, 11) is 0. The van der Waals surface area contributed by atoms with E-state index in [0.29, 0.717) is 22.0 Å². The highest BCUT2D eigenvalue weighted by molar-refractivity contribution is 7.99. The summed E-state index contributed by atoms with van der Waals surface area (Å²) in [6.45, 7) is 10.2.